The molecule has 7 nitrogen and oxygen atoms in total. The number of fused-ring (bicyclic) bond motifs is 1. The van der Waals surface area contributed by atoms with E-state index in [9.17, 15) is 14.7 Å². The maximum absolute atomic E-state index is 13.2. The summed E-state index contributed by atoms with van der Waals surface area (Å²) in [6.07, 6.45) is 6.65. The summed E-state index contributed by atoms with van der Waals surface area (Å²) >= 11 is 6.25. The lowest BCUT2D eigenvalue weighted by Gasteiger charge is -2.25. The van der Waals surface area contributed by atoms with Gasteiger partial charge in [0.1, 0.15) is 17.6 Å². The molecule has 1 fully saturated rings. The van der Waals surface area contributed by atoms with Crippen molar-refractivity contribution in [3.8, 4) is 5.75 Å². The van der Waals surface area contributed by atoms with Gasteiger partial charge in [-0.3, -0.25) is 9.59 Å². The Morgan fingerprint density at radius 2 is 2.06 bits per heavy atom. The van der Waals surface area contributed by atoms with Gasteiger partial charge in [-0.25, -0.2) is 4.98 Å². The summed E-state index contributed by atoms with van der Waals surface area (Å²) in [5.74, 6) is -0.747. The number of carbonyl (C=O) groups excluding carboxylic acids is 2. The van der Waals surface area contributed by atoms with Crippen molar-refractivity contribution in [1.82, 2.24) is 14.5 Å². The van der Waals surface area contributed by atoms with Crippen molar-refractivity contribution >= 4 is 29.1 Å². The fourth-order valence-electron chi connectivity index (χ4n) is 4.70. The second-order valence-electron chi connectivity index (χ2n) is 8.66. The number of aromatic nitrogens is 2. The van der Waals surface area contributed by atoms with E-state index < -0.39 is 17.7 Å². The Bertz CT molecular complexity index is 1280. The predicted molar refractivity (Wildman–Crippen MR) is 128 cm³/mol. The van der Waals surface area contributed by atoms with Gasteiger partial charge in [-0.1, -0.05) is 23.7 Å². The predicted octanol–water partition coefficient (Wildman–Crippen LogP) is 4.37. The van der Waals surface area contributed by atoms with E-state index in [0.29, 0.717) is 35.7 Å². The van der Waals surface area contributed by atoms with Crippen LogP contribution in [-0.2, 0) is 22.6 Å². The number of ketones is 1. The molecule has 0 bridgehead atoms. The third kappa shape index (κ3) is 4.07. The molecule has 0 aliphatic carbocycles. The number of amides is 1. The number of aliphatic hydroxyl groups excluding tert-OH is 1. The Labute approximate surface area is 202 Å². The monoisotopic (exact) mass is 477 g/mol. The summed E-state index contributed by atoms with van der Waals surface area (Å²) in [6, 6.07) is 11.7. The lowest BCUT2D eigenvalue weighted by molar-refractivity contribution is -0.139. The number of rotatable bonds is 6. The van der Waals surface area contributed by atoms with Crippen LogP contribution in [-0.4, -0.2) is 43.9 Å². The van der Waals surface area contributed by atoms with Crippen molar-refractivity contribution in [2.45, 2.75) is 38.5 Å². The van der Waals surface area contributed by atoms with Gasteiger partial charge >= 0.3 is 0 Å². The molecule has 5 rings (SSSR count). The fraction of sp³-hybridized carbons (Fsp3) is 0.269. The zero-order chi connectivity index (χ0) is 23.8. The normalized spacial score (nSPS) is 21.1. The minimum absolute atomic E-state index is 0.0555. The molecule has 2 atom stereocenters. The minimum Gasteiger partial charge on any atom is -0.507 e. The van der Waals surface area contributed by atoms with E-state index in [0.717, 1.165) is 17.7 Å². The number of aryl methyl sites for hydroxylation is 1. The maximum atomic E-state index is 13.2. The number of imidazole rings is 1. The zero-order valence-electron chi connectivity index (χ0n) is 18.6. The lowest BCUT2D eigenvalue weighted by atomic mass is 9.94. The highest BCUT2D eigenvalue weighted by atomic mass is 35.5. The third-order valence-electron chi connectivity index (χ3n) is 6.25. The number of ether oxygens (including phenoxy) is 1. The fourth-order valence-corrected chi connectivity index (χ4v) is 4.90. The molecular formula is C26H24ClN3O4. The topological polar surface area (TPSA) is 84.7 Å². The Morgan fingerprint density at radius 1 is 1.21 bits per heavy atom. The molecule has 3 aromatic rings. The Morgan fingerprint density at radius 3 is 2.82 bits per heavy atom. The summed E-state index contributed by atoms with van der Waals surface area (Å²) in [5, 5.41) is 11.8. The first-order valence-electron chi connectivity index (χ1n) is 11.2. The Hall–Kier alpha value is -3.58. The number of carbonyl (C=O) groups is 2. The van der Waals surface area contributed by atoms with Crippen LogP contribution in [0, 0.1) is 0 Å². The van der Waals surface area contributed by atoms with Gasteiger partial charge in [0.05, 0.1) is 17.9 Å². The number of halogens is 1. The quantitative estimate of drug-likeness (QED) is 0.324. The maximum Gasteiger partial charge on any atom is 0.295 e. The van der Waals surface area contributed by atoms with E-state index in [2.05, 4.69) is 4.98 Å². The molecule has 3 heterocycles. The van der Waals surface area contributed by atoms with Crippen LogP contribution in [0.3, 0.4) is 0 Å². The highest BCUT2D eigenvalue weighted by molar-refractivity contribution is 6.46. The molecule has 0 saturated carbocycles. The first-order chi connectivity index (χ1) is 16.4. The van der Waals surface area contributed by atoms with Gasteiger partial charge in [0.2, 0.25) is 0 Å². The molecule has 1 amide bonds. The number of nitrogens with zero attached hydrogens (tertiary/aromatic N) is 3. The molecular weight excluding hydrogens is 454 g/mol. The van der Waals surface area contributed by atoms with Crippen molar-refractivity contribution in [2.75, 3.05) is 6.54 Å². The number of aliphatic hydroxyl groups is 1. The summed E-state index contributed by atoms with van der Waals surface area (Å²) in [6.45, 7) is 2.97. The number of hydrogen-bond donors (Lipinski definition) is 1. The highest BCUT2D eigenvalue weighted by Crippen LogP contribution is 2.41. The van der Waals surface area contributed by atoms with Crippen molar-refractivity contribution in [3.05, 3.63) is 88.5 Å². The Balaban J connectivity index is 1.53. The standard InChI is InChI=1S/C26H24ClN3O4/c1-16-12-19-13-18(6-7-21(19)34-16)24(31)22-23(17-4-2-5-20(27)14-17)30(26(33)25(22)32)10-3-9-29-11-8-28-15-29/h2,4-8,11,13-16,23,31H,3,9-10,12H2,1H3/b24-22+/t16-,23-/m1/s1. The molecule has 34 heavy (non-hydrogen) atoms. The molecule has 2 aromatic carbocycles. The minimum atomic E-state index is -0.732. The molecule has 0 unspecified atom stereocenters. The second-order valence-corrected chi connectivity index (χ2v) is 9.09. The molecule has 1 saturated heterocycles. The van der Waals surface area contributed by atoms with Crippen LogP contribution >= 0.6 is 11.6 Å². The van der Waals surface area contributed by atoms with Gasteiger partial charge in [0.25, 0.3) is 11.7 Å². The van der Waals surface area contributed by atoms with Crippen LogP contribution in [0.5, 0.6) is 5.75 Å². The van der Waals surface area contributed by atoms with Gasteiger partial charge in [-0.15, -0.1) is 0 Å². The van der Waals surface area contributed by atoms with Gasteiger partial charge < -0.3 is 19.3 Å². The number of benzene rings is 2. The zero-order valence-corrected chi connectivity index (χ0v) is 19.4. The van der Waals surface area contributed by atoms with Crippen LogP contribution in [0.4, 0.5) is 0 Å². The third-order valence-corrected chi connectivity index (χ3v) is 6.48. The van der Waals surface area contributed by atoms with Crippen molar-refractivity contribution in [2.24, 2.45) is 0 Å². The molecule has 1 N–H and O–H groups in total. The Kier molecular flexibility index (Phi) is 5.87. The number of hydrogen-bond acceptors (Lipinski definition) is 5. The molecule has 0 spiro atoms. The van der Waals surface area contributed by atoms with Gasteiger partial charge in [0.15, 0.2) is 0 Å². The van der Waals surface area contributed by atoms with Gasteiger partial charge in [0, 0.05) is 42.5 Å². The van der Waals surface area contributed by atoms with Crippen molar-refractivity contribution in [3.63, 3.8) is 0 Å². The average Bonchev–Trinajstić information content (AvgIpc) is 3.52. The molecule has 2 aliphatic heterocycles. The van der Waals surface area contributed by atoms with E-state index in [1.165, 1.54) is 4.90 Å². The SMILES string of the molecule is C[C@@H]1Cc2cc(/C(O)=C3\C(=O)C(=O)N(CCCn4ccnc4)[C@@H]3c3cccc(Cl)c3)ccc2O1. The molecule has 1 aromatic heterocycles. The van der Waals surface area contributed by atoms with Gasteiger partial charge in [-0.05, 0) is 54.8 Å². The first-order valence-corrected chi connectivity index (χ1v) is 11.6. The largest absolute Gasteiger partial charge is 0.507 e. The highest BCUT2D eigenvalue weighted by Gasteiger charge is 2.46. The van der Waals surface area contributed by atoms with E-state index in [4.69, 9.17) is 16.3 Å². The summed E-state index contributed by atoms with van der Waals surface area (Å²) in [7, 11) is 0. The van der Waals surface area contributed by atoms with Crippen LogP contribution in [0.15, 0.2) is 66.8 Å². The van der Waals surface area contributed by atoms with Crippen molar-refractivity contribution in [1.29, 1.82) is 0 Å². The second kappa shape index (κ2) is 8.99. The number of Topliss-reactive ketones (excluding diaryl/α,β-unsaturated/α-hetero) is 1. The molecule has 0 radical (unpaired) electrons. The number of likely N-dealkylation sites (tertiary alicyclic amines) is 1. The van der Waals surface area contributed by atoms with Crippen LogP contribution in [0.2, 0.25) is 5.02 Å². The van der Waals surface area contributed by atoms with E-state index >= 15 is 0 Å². The first kappa shape index (κ1) is 22.2. The average molecular weight is 478 g/mol. The van der Waals surface area contributed by atoms with Crippen LogP contribution in [0.1, 0.15) is 36.1 Å². The lowest BCUT2D eigenvalue weighted by Crippen LogP contribution is -2.31. The van der Waals surface area contributed by atoms with Crippen LogP contribution in [0.25, 0.3) is 5.76 Å². The van der Waals surface area contributed by atoms with Gasteiger partial charge in [-0.2, -0.15) is 0 Å². The van der Waals surface area contributed by atoms with Crippen molar-refractivity contribution < 1.29 is 19.4 Å². The molecule has 8 heteroatoms. The smallest absolute Gasteiger partial charge is 0.295 e. The summed E-state index contributed by atoms with van der Waals surface area (Å²) in [5.41, 5.74) is 2.20. The van der Waals surface area contributed by atoms with E-state index in [1.54, 1.807) is 42.9 Å². The van der Waals surface area contributed by atoms with Crippen LogP contribution < -0.4 is 4.74 Å². The van der Waals surface area contributed by atoms with E-state index in [-0.39, 0.29) is 17.4 Å². The summed E-state index contributed by atoms with van der Waals surface area (Å²) < 4.78 is 7.67. The molecule has 2 aliphatic rings. The summed E-state index contributed by atoms with van der Waals surface area (Å²) in [4.78, 5) is 31.9. The van der Waals surface area contributed by atoms with E-state index in [1.807, 2.05) is 29.8 Å². The molecule has 174 valence electrons.